The van der Waals surface area contributed by atoms with Gasteiger partial charge in [-0.15, -0.1) is 0 Å². The molecule has 1 saturated carbocycles. The predicted molar refractivity (Wildman–Crippen MR) is 147 cm³/mol. The predicted octanol–water partition coefficient (Wildman–Crippen LogP) is 5.29. The first-order valence-corrected chi connectivity index (χ1v) is 14.2. The van der Waals surface area contributed by atoms with Crippen LogP contribution in [0.1, 0.15) is 24.0 Å². The Morgan fingerprint density at radius 3 is 2.16 bits per heavy atom. The van der Waals surface area contributed by atoms with Crippen molar-refractivity contribution in [3.05, 3.63) is 53.3 Å². The van der Waals surface area contributed by atoms with Gasteiger partial charge in [-0.3, -0.25) is 19.5 Å². The molecule has 2 aromatic rings. The van der Waals surface area contributed by atoms with E-state index in [0.29, 0.717) is 30.0 Å². The Morgan fingerprint density at radius 2 is 1.56 bits per heavy atom. The molecule has 0 spiro atoms. The van der Waals surface area contributed by atoms with Gasteiger partial charge >= 0.3 is 24.5 Å². The average molecular weight is 646 g/mol. The van der Waals surface area contributed by atoms with Crippen molar-refractivity contribution in [2.75, 3.05) is 69.2 Å². The summed E-state index contributed by atoms with van der Waals surface area (Å²) >= 11 is 0. The molecule has 45 heavy (non-hydrogen) atoms. The van der Waals surface area contributed by atoms with Crippen LogP contribution < -0.4 is 14.5 Å². The van der Waals surface area contributed by atoms with E-state index in [4.69, 9.17) is 4.74 Å². The van der Waals surface area contributed by atoms with Crippen molar-refractivity contribution in [2.45, 2.75) is 25.2 Å². The molecule has 0 atom stereocenters. The molecule has 0 bridgehead atoms. The Hall–Kier alpha value is -4.08. The van der Waals surface area contributed by atoms with Gasteiger partial charge in [0.1, 0.15) is 11.4 Å². The lowest BCUT2D eigenvalue weighted by molar-refractivity contribution is -0.143. The topological polar surface area (TPSA) is 76.6 Å². The van der Waals surface area contributed by atoms with Gasteiger partial charge < -0.3 is 14.5 Å². The van der Waals surface area contributed by atoms with Gasteiger partial charge in [-0.05, 0) is 55.2 Å². The van der Waals surface area contributed by atoms with Crippen LogP contribution in [0.15, 0.2) is 36.4 Å². The maximum absolute atomic E-state index is 14.2. The minimum atomic E-state index is -5.41. The van der Waals surface area contributed by atoms with Crippen LogP contribution in [0, 0.1) is 11.7 Å². The Labute approximate surface area is 253 Å². The standard InChI is InChI=1S/C29H30F7N5O4/c1-37(21-6-4-20(30)5-7-21)27(44)45-25-22(29(34,35)36)14-19(28(31,32)33)15-23(25)41-13-12-40(26(41)43)11-10-39-9-8-38(17-24(39)42)16-18-2-3-18/h4-7,14-15,18H,2-3,8-13,16-17H2,1H3. The van der Waals surface area contributed by atoms with Gasteiger partial charge in [-0.25, -0.2) is 14.0 Å². The smallest absolute Gasteiger partial charge is 0.407 e. The maximum Gasteiger partial charge on any atom is 0.420 e. The third-order valence-electron chi connectivity index (χ3n) is 8.02. The fourth-order valence-corrected chi connectivity index (χ4v) is 5.29. The number of alkyl halides is 6. The second-order valence-electron chi connectivity index (χ2n) is 11.3. The van der Waals surface area contributed by atoms with Crippen molar-refractivity contribution in [1.82, 2.24) is 14.7 Å². The number of anilines is 2. The molecule has 2 saturated heterocycles. The van der Waals surface area contributed by atoms with Crippen LogP contribution in [0.2, 0.25) is 0 Å². The number of halogens is 7. The number of amides is 4. The summed E-state index contributed by atoms with van der Waals surface area (Å²) in [5.74, 6) is -1.45. The number of rotatable bonds is 8. The molecule has 3 aliphatic rings. The molecule has 4 amide bonds. The molecule has 0 aromatic heterocycles. The lowest BCUT2D eigenvalue weighted by atomic mass is 10.1. The number of benzene rings is 2. The number of piperazine rings is 1. The molecule has 5 rings (SSSR count). The highest BCUT2D eigenvalue weighted by Gasteiger charge is 2.44. The fraction of sp³-hybridized carbons (Fsp3) is 0.483. The van der Waals surface area contributed by atoms with Crippen molar-refractivity contribution in [2.24, 2.45) is 5.92 Å². The largest absolute Gasteiger partial charge is 0.420 e. The van der Waals surface area contributed by atoms with Gasteiger partial charge in [-0.1, -0.05) is 0 Å². The molecule has 9 nitrogen and oxygen atoms in total. The van der Waals surface area contributed by atoms with Crippen LogP contribution in [0.4, 0.5) is 51.7 Å². The summed E-state index contributed by atoms with van der Waals surface area (Å²) in [6.45, 7) is 1.95. The van der Waals surface area contributed by atoms with Crippen molar-refractivity contribution >= 4 is 29.4 Å². The molecule has 2 aromatic carbocycles. The third kappa shape index (κ3) is 7.43. The highest BCUT2D eigenvalue weighted by molar-refractivity contribution is 5.97. The maximum atomic E-state index is 14.2. The molecule has 16 heteroatoms. The zero-order valence-corrected chi connectivity index (χ0v) is 24.1. The zero-order valence-electron chi connectivity index (χ0n) is 24.1. The molecule has 2 heterocycles. The van der Waals surface area contributed by atoms with Crippen LogP contribution in [-0.4, -0.2) is 92.1 Å². The van der Waals surface area contributed by atoms with Crippen LogP contribution in [0.3, 0.4) is 0 Å². The van der Waals surface area contributed by atoms with E-state index in [1.54, 1.807) is 4.90 Å². The average Bonchev–Trinajstić information content (AvgIpc) is 3.71. The van der Waals surface area contributed by atoms with Crippen LogP contribution >= 0.6 is 0 Å². The second-order valence-corrected chi connectivity index (χ2v) is 11.3. The summed E-state index contributed by atoms with van der Waals surface area (Å²) in [5, 5.41) is 0. The van der Waals surface area contributed by atoms with E-state index in [0.717, 1.165) is 55.6 Å². The van der Waals surface area contributed by atoms with Crippen molar-refractivity contribution in [3.8, 4) is 5.75 Å². The van der Waals surface area contributed by atoms with Crippen molar-refractivity contribution in [1.29, 1.82) is 0 Å². The van der Waals surface area contributed by atoms with Gasteiger partial charge in [0.05, 0.1) is 17.8 Å². The molecule has 0 radical (unpaired) electrons. The number of ether oxygens (including phenoxy) is 1. The number of urea groups is 1. The molecule has 2 aliphatic heterocycles. The van der Waals surface area contributed by atoms with Gasteiger partial charge in [-0.2, -0.15) is 26.3 Å². The molecular formula is C29H30F7N5O4. The first kappa shape index (κ1) is 32.3. The Kier molecular flexibility index (Phi) is 8.88. The summed E-state index contributed by atoms with van der Waals surface area (Å²) in [5.41, 5.74) is -4.48. The van der Waals surface area contributed by atoms with E-state index in [2.05, 4.69) is 4.90 Å². The monoisotopic (exact) mass is 645 g/mol. The van der Waals surface area contributed by atoms with E-state index >= 15 is 0 Å². The molecule has 1 aliphatic carbocycles. The molecular weight excluding hydrogens is 615 g/mol. The number of carbonyl (C=O) groups is 3. The highest BCUT2D eigenvalue weighted by Crippen LogP contribution is 2.47. The third-order valence-corrected chi connectivity index (χ3v) is 8.02. The van der Waals surface area contributed by atoms with Gasteiger partial charge in [0.15, 0.2) is 5.75 Å². The van der Waals surface area contributed by atoms with E-state index in [-0.39, 0.29) is 50.4 Å². The number of hydrogen-bond donors (Lipinski definition) is 0. The highest BCUT2D eigenvalue weighted by atomic mass is 19.4. The normalized spacial score (nSPS) is 18.2. The SMILES string of the molecule is CN(C(=O)Oc1c(N2CCN(CCN3CCN(CC4CC4)CC3=O)C2=O)cc(C(F)(F)F)cc1C(F)(F)F)c1ccc(F)cc1. The summed E-state index contributed by atoms with van der Waals surface area (Å²) < 4.78 is 102. The van der Waals surface area contributed by atoms with Gasteiger partial charge in [0, 0.05) is 58.5 Å². The minimum Gasteiger partial charge on any atom is -0.407 e. The summed E-state index contributed by atoms with van der Waals surface area (Å²) in [6.07, 6.45) is -9.78. The van der Waals surface area contributed by atoms with Crippen molar-refractivity contribution in [3.63, 3.8) is 0 Å². The molecule has 244 valence electrons. The molecule has 3 fully saturated rings. The quantitative estimate of drug-likeness (QED) is 0.365. The van der Waals surface area contributed by atoms with Gasteiger partial charge in [0.2, 0.25) is 5.91 Å². The lowest BCUT2D eigenvalue weighted by Gasteiger charge is -2.35. The summed E-state index contributed by atoms with van der Waals surface area (Å²) in [6, 6.07) is 3.51. The number of hydrogen-bond acceptors (Lipinski definition) is 5. The lowest BCUT2D eigenvalue weighted by Crippen LogP contribution is -2.52. The first-order chi connectivity index (χ1) is 21.1. The minimum absolute atomic E-state index is 0.00276. The number of nitrogens with zero attached hydrogens (tertiary/aromatic N) is 5. The number of carbonyl (C=O) groups excluding carboxylic acids is 3. The fourth-order valence-electron chi connectivity index (χ4n) is 5.29. The van der Waals surface area contributed by atoms with Gasteiger partial charge in [0.25, 0.3) is 0 Å². The van der Waals surface area contributed by atoms with Crippen LogP contribution in [0.5, 0.6) is 5.75 Å². The van der Waals surface area contributed by atoms with E-state index in [1.807, 2.05) is 0 Å². The second kappa shape index (κ2) is 12.4. The van der Waals surface area contributed by atoms with E-state index in [1.165, 1.54) is 4.90 Å². The Morgan fingerprint density at radius 1 is 0.911 bits per heavy atom. The van der Waals surface area contributed by atoms with E-state index < -0.39 is 52.9 Å². The summed E-state index contributed by atoms with van der Waals surface area (Å²) in [7, 11) is 1.11. The summed E-state index contributed by atoms with van der Waals surface area (Å²) in [4.78, 5) is 45.3. The van der Waals surface area contributed by atoms with Crippen molar-refractivity contribution < 1.29 is 49.9 Å². The van der Waals surface area contributed by atoms with Crippen LogP contribution in [-0.2, 0) is 17.1 Å². The molecule has 0 N–H and O–H groups in total. The zero-order chi connectivity index (χ0) is 32.7. The molecule has 0 unspecified atom stereocenters. The first-order valence-electron chi connectivity index (χ1n) is 14.2. The van der Waals surface area contributed by atoms with E-state index in [9.17, 15) is 45.1 Å². The Balaban J connectivity index is 1.38. The van der Waals surface area contributed by atoms with Crippen LogP contribution in [0.25, 0.3) is 0 Å². The Bertz CT molecular complexity index is 1450.